The Bertz CT molecular complexity index is 126. The lowest BCUT2D eigenvalue weighted by molar-refractivity contribution is 0.0754. The third-order valence-corrected chi connectivity index (χ3v) is 3.14. The molecule has 1 unspecified atom stereocenters. The summed E-state index contributed by atoms with van der Waals surface area (Å²) in [5.74, 6) is 1.26. The van der Waals surface area contributed by atoms with Gasteiger partial charge in [0, 0.05) is 25.3 Å². The second-order valence-corrected chi connectivity index (χ2v) is 4.72. The van der Waals surface area contributed by atoms with Crippen molar-refractivity contribution >= 4 is 11.8 Å². The molecular formula is C10H21NOS. The van der Waals surface area contributed by atoms with E-state index in [1.165, 1.54) is 25.0 Å². The van der Waals surface area contributed by atoms with Crippen LogP contribution in [0.25, 0.3) is 0 Å². The molecule has 0 spiro atoms. The van der Waals surface area contributed by atoms with Crippen LogP contribution >= 0.6 is 11.8 Å². The van der Waals surface area contributed by atoms with Crippen LogP contribution in [0.15, 0.2) is 0 Å². The van der Waals surface area contributed by atoms with E-state index in [0.717, 1.165) is 13.2 Å². The van der Waals surface area contributed by atoms with Gasteiger partial charge in [-0.15, -0.1) is 0 Å². The van der Waals surface area contributed by atoms with E-state index in [0.29, 0.717) is 12.1 Å². The van der Waals surface area contributed by atoms with Crippen LogP contribution in [0.1, 0.15) is 26.2 Å². The molecule has 1 heterocycles. The molecule has 0 aromatic carbocycles. The minimum atomic E-state index is 0.663. The molecule has 1 saturated heterocycles. The van der Waals surface area contributed by atoms with E-state index in [1.807, 2.05) is 11.8 Å². The van der Waals surface area contributed by atoms with Crippen LogP contribution in [0, 0.1) is 0 Å². The van der Waals surface area contributed by atoms with E-state index in [2.05, 4.69) is 18.5 Å². The molecule has 0 aromatic rings. The van der Waals surface area contributed by atoms with Gasteiger partial charge in [0.15, 0.2) is 0 Å². The van der Waals surface area contributed by atoms with E-state index in [-0.39, 0.29) is 0 Å². The molecule has 13 heavy (non-hydrogen) atoms. The van der Waals surface area contributed by atoms with E-state index in [4.69, 9.17) is 4.74 Å². The maximum atomic E-state index is 5.32. The highest BCUT2D eigenvalue weighted by atomic mass is 32.2. The largest absolute Gasteiger partial charge is 0.381 e. The maximum Gasteiger partial charge on any atom is 0.0480 e. The first-order valence-electron chi connectivity index (χ1n) is 5.15. The predicted octanol–water partition coefficient (Wildman–Crippen LogP) is 1.90. The minimum Gasteiger partial charge on any atom is -0.381 e. The standard InChI is InChI=1S/C10H21NOS/c1-9(5-8-13-2)11-10-3-6-12-7-4-10/h9-11H,3-8H2,1-2H3. The molecule has 0 saturated carbocycles. The zero-order valence-corrected chi connectivity index (χ0v) is 9.53. The summed E-state index contributed by atoms with van der Waals surface area (Å²) in [6, 6.07) is 1.36. The van der Waals surface area contributed by atoms with Gasteiger partial charge in [-0.05, 0) is 38.2 Å². The second-order valence-electron chi connectivity index (χ2n) is 3.74. The molecule has 0 amide bonds. The molecule has 0 aliphatic carbocycles. The minimum absolute atomic E-state index is 0.663. The molecule has 0 bridgehead atoms. The lowest BCUT2D eigenvalue weighted by Gasteiger charge is -2.26. The van der Waals surface area contributed by atoms with Crippen molar-refractivity contribution in [1.29, 1.82) is 0 Å². The molecule has 1 N–H and O–H groups in total. The number of hydrogen-bond acceptors (Lipinski definition) is 3. The summed E-state index contributed by atoms with van der Waals surface area (Å²) in [7, 11) is 0. The Hall–Kier alpha value is 0.270. The van der Waals surface area contributed by atoms with Crippen LogP contribution in [-0.4, -0.2) is 37.3 Å². The van der Waals surface area contributed by atoms with Crippen molar-refractivity contribution in [1.82, 2.24) is 5.32 Å². The van der Waals surface area contributed by atoms with Crippen molar-refractivity contribution in [2.75, 3.05) is 25.2 Å². The summed E-state index contributed by atoms with van der Waals surface area (Å²) in [4.78, 5) is 0. The van der Waals surface area contributed by atoms with Crippen LogP contribution < -0.4 is 5.32 Å². The third kappa shape index (κ3) is 4.89. The van der Waals surface area contributed by atoms with Gasteiger partial charge in [0.2, 0.25) is 0 Å². The van der Waals surface area contributed by atoms with E-state index >= 15 is 0 Å². The first-order chi connectivity index (χ1) is 6.33. The molecule has 1 fully saturated rings. The smallest absolute Gasteiger partial charge is 0.0480 e. The summed E-state index contributed by atoms with van der Waals surface area (Å²) in [5, 5.41) is 3.66. The van der Waals surface area contributed by atoms with Gasteiger partial charge in [0.25, 0.3) is 0 Å². The average Bonchev–Trinajstić information content (AvgIpc) is 2.16. The van der Waals surface area contributed by atoms with Crippen LogP contribution in [0.2, 0.25) is 0 Å². The van der Waals surface area contributed by atoms with Crippen molar-refractivity contribution in [2.24, 2.45) is 0 Å². The second kappa shape index (κ2) is 6.68. The third-order valence-electron chi connectivity index (χ3n) is 2.50. The number of ether oxygens (including phenoxy) is 1. The molecule has 1 atom stereocenters. The van der Waals surface area contributed by atoms with Gasteiger partial charge in [-0.1, -0.05) is 0 Å². The fourth-order valence-corrected chi connectivity index (χ4v) is 2.23. The van der Waals surface area contributed by atoms with Crippen molar-refractivity contribution < 1.29 is 4.74 Å². The Morgan fingerprint density at radius 3 is 2.77 bits per heavy atom. The Kier molecular flexibility index (Phi) is 5.83. The lowest BCUT2D eigenvalue weighted by atomic mass is 10.1. The number of nitrogens with one attached hydrogen (secondary N) is 1. The Labute approximate surface area is 85.8 Å². The van der Waals surface area contributed by atoms with E-state index in [9.17, 15) is 0 Å². The summed E-state index contributed by atoms with van der Waals surface area (Å²) < 4.78 is 5.32. The lowest BCUT2D eigenvalue weighted by Crippen LogP contribution is -2.40. The van der Waals surface area contributed by atoms with Gasteiger partial charge in [-0.2, -0.15) is 11.8 Å². The first kappa shape index (κ1) is 11.3. The summed E-state index contributed by atoms with van der Waals surface area (Å²) >= 11 is 1.93. The van der Waals surface area contributed by atoms with Crippen molar-refractivity contribution in [3.05, 3.63) is 0 Å². The average molecular weight is 203 g/mol. The molecular weight excluding hydrogens is 182 g/mol. The quantitative estimate of drug-likeness (QED) is 0.737. The van der Waals surface area contributed by atoms with Gasteiger partial charge in [0.1, 0.15) is 0 Å². The monoisotopic (exact) mass is 203 g/mol. The van der Waals surface area contributed by atoms with Gasteiger partial charge < -0.3 is 10.1 Å². The highest BCUT2D eigenvalue weighted by molar-refractivity contribution is 7.98. The van der Waals surface area contributed by atoms with Crippen LogP contribution in [0.3, 0.4) is 0 Å². The molecule has 1 aliphatic heterocycles. The number of rotatable bonds is 5. The molecule has 2 nitrogen and oxygen atoms in total. The van der Waals surface area contributed by atoms with Crippen molar-refractivity contribution in [2.45, 2.75) is 38.3 Å². The molecule has 3 heteroatoms. The van der Waals surface area contributed by atoms with Gasteiger partial charge in [-0.3, -0.25) is 0 Å². The van der Waals surface area contributed by atoms with Crippen LogP contribution in [0.5, 0.6) is 0 Å². The van der Waals surface area contributed by atoms with Gasteiger partial charge in [0.05, 0.1) is 0 Å². The Balaban J connectivity index is 2.07. The Morgan fingerprint density at radius 2 is 2.15 bits per heavy atom. The van der Waals surface area contributed by atoms with Gasteiger partial charge in [-0.25, -0.2) is 0 Å². The maximum absolute atomic E-state index is 5.32. The van der Waals surface area contributed by atoms with Crippen LogP contribution in [0.4, 0.5) is 0 Å². The summed E-state index contributed by atoms with van der Waals surface area (Å²) in [5.41, 5.74) is 0. The number of thioether (sulfide) groups is 1. The Morgan fingerprint density at radius 1 is 1.46 bits per heavy atom. The molecule has 1 rings (SSSR count). The normalized spacial score (nSPS) is 21.7. The van der Waals surface area contributed by atoms with Crippen molar-refractivity contribution in [3.8, 4) is 0 Å². The highest BCUT2D eigenvalue weighted by Gasteiger charge is 2.15. The topological polar surface area (TPSA) is 21.3 Å². The highest BCUT2D eigenvalue weighted by Crippen LogP contribution is 2.09. The van der Waals surface area contributed by atoms with Crippen LogP contribution in [-0.2, 0) is 4.74 Å². The van der Waals surface area contributed by atoms with E-state index < -0.39 is 0 Å². The first-order valence-corrected chi connectivity index (χ1v) is 6.55. The number of hydrogen-bond donors (Lipinski definition) is 1. The molecule has 78 valence electrons. The molecule has 0 aromatic heterocycles. The predicted molar refractivity (Wildman–Crippen MR) is 59.4 cm³/mol. The SMILES string of the molecule is CSCCC(C)NC1CCOCC1. The molecule has 1 aliphatic rings. The zero-order valence-electron chi connectivity index (χ0n) is 8.71. The zero-order chi connectivity index (χ0) is 9.52. The van der Waals surface area contributed by atoms with Gasteiger partial charge >= 0.3 is 0 Å². The van der Waals surface area contributed by atoms with Crippen molar-refractivity contribution in [3.63, 3.8) is 0 Å². The summed E-state index contributed by atoms with van der Waals surface area (Å²) in [6.45, 7) is 4.16. The summed E-state index contributed by atoms with van der Waals surface area (Å²) in [6.07, 6.45) is 5.81. The molecule has 0 radical (unpaired) electrons. The van der Waals surface area contributed by atoms with E-state index in [1.54, 1.807) is 0 Å². The fourth-order valence-electron chi connectivity index (χ4n) is 1.64. The fraction of sp³-hybridized carbons (Fsp3) is 1.00.